The third kappa shape index (κ3) is 4.35. The molecule has 1 N–H and O–H groups in total. The minimum Gasteiger partial charge on any atom is -0.352 e. The predicted molar refractivity (Wildman–Crippen MR) is 134 cm³/mol. The number of nitrogens with zero attached hydrogens (tertiary/aromatic N) is 4. The summed E-state index contributed by atoms with van der Waals surface area (Å²) in [5.41, 5.74) is 7.24. The predicted octanol–water partition coefficient (Wildman–Crippen LogP) is 5.36. The fraction of sp³-hybridized carbons (Fsp3) is 0.370. The summed E-state index contributed by atoms with van der Waals surface area (Å²) < 4.78 is 2.11. The average Bonchev–Trinajstić information content (AvgIpc) is 3.22. The van der Waals surface area contributed by atoms with Crippen molar-refractivity contribution in [2.24, 2.45) is 4.99 Å². The van der Waals surface area contributed by atoms with Gasteiger partial charge in [0.25, 0.3) is 5.91 Å². The van der Waals surface area contributed by atoms with Crippen LogP contribution in [-0.4, -0.2) is 45.5 Å². The highest BCUT2D eigenvalue weighted by Crippen LogP contribution is 2.32. The van der Waals surface area contributed by atoms with Gasteiger partial charge >= 0.3 is 0 Å². The van der Waals surface area contributed by atoms with Gasteiger partial charge in [0.15, 0.2) is 5.65 Å². The Kier molecular flexibility index (Phi) is 5.85. The van der Waals surface area contributed by atoms with Crippen LogP contribution in [0.25, 0.3) is 11.2 Å². The van der Waals surface area contributed by atoms with Gasteiger partial charge < -0.3 is 10.2 Å². The zero-order chi connectivity index (χ0) is 22.9. The number of fused-ring (bicyclic) bond motifs is 1. The van der Waals surface area contributed by atoms with Crippen molar-refractivity contribution < 1.29 is 4.79 Å². The lowest BCUT2D eigenvalue weighted by Crippen LogP contribution is -2.37. The van der Waals surface area contributed by atoms with Gasteiger partial charge in [-0.2, -0.15) is 0 Å². The molecule has 1 saturated heterocycles. The Labute approximate surface area is 195 Å². The van der Waals surface area contributed by atoms with Crippen LogP contribution in [0.2, 0.25) is 0 Å². The lowest BCUT2D eigenvalue weighted by molar-refractivity contribution is -0.113. The van der Waals surface area contributed by atoms with Crippen LogP contribution in [0.3, 0.4) is 0 Å². The number of anilines is 2. The Balaban J connectivity index is 1.36. The van der Waals surface area contributed by atoms with Crippen LogP contribution in [0.5, 0.6) is 0 Å². The van der Waals surface area contributed by atoms with E-state index in [0.29, 0.717) is 18.4 Å². The van der Waals surface area contributed by atoms with E-state index in [1.807, 2.05) is 19.2 Å². The smallest absolute Gasteiger partial charge is 0.269 e. The number of hydrogen-bond donors (Lipinski definition) is 1. The van der Waals surface area contributed by atoms with E-state index in [9.17, 15) is 4.79 Å². The Morgan fingerprint density at radius 3 is 2.52 bits per heavy atom. The van der Waals surface area contributed by atoms with E-state index < -0.39 is 0 Å². The van der Waals surface area contributed by atoms with Crippen molar-refractivity contribution in [1.82, 2.24) is 14.3 Å². The first-order valence-electron chi connectivity index (χ1n) is 11.8. The first kappa shape index (κ1) is 21.6. The molecule has 6 nitrogen and oxygen atoms in total. The molecule has 170 valence electrons. The number of piperidine rings is 1. The van der Waals surface area contributed by atoms with Crippen molar-refractivity contribution in [1.29, 1.82) is 0 Å². The highest BCUT2D eigenvalue weighted by Gasteiger charge is 2.22. The maximum Gasteiger partial charge on any atom is 0.269 e. The van der Waals surface area contributed by atoms with Crippen molar-refractivity contribution in [3.05, 3.63) is 65.6 Å². The first-order valence-corrected chi connectivity index (χ1v) is 11.8. The molecule has 0 bridgehead atoms. The van der Waals surface area contributed by atoms with Crippen LogP contribution in [0.1, 0.15) is 56.0 Å². The number of amides is 1. The molecule has 0 saturated carbocycles. The van der Waals surface area contributed by atoms with E-state index in [-0.39, 0.29) is 5.91 Å². The molecule has 1 amide bonds. The number of pyridine rings is 1. The number of aromatic nitrogens is 2. The molecular weight excluding hydrogens is 410 g/mol. The molecule has 0 radical (unpaired) electrons. The molecule has 0 unspecified atom stereocenters. The molecule has 1 aromatic carbocycles. The molecule has 6 heteroatoms. The zero-order valence-electron chi connectivity index (χ0n) is 19.6. The summed E-state index contributed by atoms with van der Waals surface area (Å²) in [7, 11) is 0. The monoisotopic (exact) mass is 441 g/mol. The second-order valence-corrected chi connectivity index (χ2v) is 9.37. The molecule has 1 fully saturated rings. The molecular formula is C27H31N5O. The zero-order valence-corrected chi connectivity index (χ0v) is 19.6. The number of allylic oxidation sites excluding steroid dienone is 1. The highest BCUT2D eigenvalue weighted by atomic mass is 16.1. The second-order valence-electron chi connectivity index (χ2n) is 9.37. The summed E-state index contributed by atoms with van der Waals surface area (Å²) in [5, 5.41) is 3.55. The Bertz CT molecular complexity index is 1230. The van der Waals surface area contributed by atoms with E-state index in [1.54, 1.807) is 12.3 Å². The average molecular weight is 442 g/mol. The van der Waals surface area contributed by atoms with Gasteiger partial charge in [0.2, 0.25) is 0 Å². The van der Waals surface area contributed by atoms with E-state index in [2.05, 4.69) is 68.8 Å². The number of aliphatic imine (C=N–C) groups is 1. The van der Waals surface area contributed by atoms with Crippen LogP contribution in [-0.2, 0) is 4.79 Å². The minimum atomic E-state index is -0.209. The van der Waals surface area contributed by atoms with Crippen molar-refractivity contribution >= 4 is 34.7 Å². The molecule has 2 aliphatic rings. The van der Waals surface area contributed by atoms with Crippen molar-refractivity contribution in [3.63, 3.8) is 0 Å². The van der Waals surface area contributed by atoms with Gasteiger partial charge in [0.05, 0.1) is 11.4 Å². The minimum absolute atomic E-state index is 0.209. The van der Waals surface area contributed by atoms with Crippen LogP contribution >= 0.6 is 0 Å². The Morgan fingerprint density at radius 2 is 1.82 bits per heavy atom. The number of carbonyl (C=O) groups is 1. The molecule has 5 rings (SSSR count). The number of rotatable bonds is 5. The molecule has 2 aromatic heterocycles. The van der Waals surface area contributed by atoms with E-state index in [4.69, 9.17) is 0 Å². The van der Waals surface area contributed by atoms with Crippen molar-refractivity contribution in [2.75, 3.05) is 18.4 Å². The number of imidazole rings is 1. The second kappa shape index (κ2) is 8.94. The normalized spacial score (nSPS) is 17.7. The lowest BCUT2D eigenvalue weighted by atomic mass is 9.89. The number of likely N-dealkylation sites (tertiary alicyclic amines) is 1. The van der Waals surface area contributed by atoms with Crippen LogP contribution in [0.4, 0.5) is 11.4 Å². The van der Waals surface area contributed by atoms with Crippen molar-refractivity contribution in [3.8, 4) is 0 Å². The van der Waals surface area contributed by atoms with Gasteiger partial charge in [-0.15, -0.1) is 0 Å². The van der Waals surface area contributed by atoms with Crippen LogP contribution in [0.15, 0.2) is 53.7 Å². The fourth-order valence-electron chi connectivity index (χ4n) is 4.99. The van der Waals surface area contributed by atoms with E-state index in [1.165, 1.54) is 31.5 Å². The highest BCUT2D eigenvalue weighted by molar-refractivity contribution is 6.05. The van der Waals surface area contributed by atoms with Crippen LogP contribution < -0.4 is 5.32 Å². The maximum atomic E-state index is 11.8. The Hall–Kier alpha value is -3.25. The summed E-state index contributed by atoms with van der Waals surface area (Å²) in [6.07, 6.45) is 8.26. The van der Waals surface area contributed by atoms with Gasteiger partial charge in [-0.25, -0.2) is 9.98 Å². The molecule has 2 aliphatic heterocycles. The van der Waals surface area contributed by atoms with Gasteiger partial charge in [-0.05, 0) is 88.0 Å². The molecule has 33 heavy (non-hydrogen) atoms. The van der Waals surface area contributed by atoms with Crippen LogP contribution in [0, 0.1) is 6.92 Å². The summed E-state index contributed by atoms with van der Waals surface area (Å²) in [6.45, 7) is 8.96. The largest absolute Gasteiger partial charge is 0.352 e. The van der Waals surface area contributed by atoms with Gasteiger partial charge in [-0.1, -0.05) is 12.1 Å². The van der Waals surface area contributed by atoms with Gasteiger partial charge in [0, 0.05) is 42.3 Å². The van der Waals surface area contributed by atoms with E-state index in [0.717, 1.165) is 34.0 Å². The number of hydrogen-bond acceptors (Lipinski definition) is 4. The molecule has 0 aliphatic carbocycles. The third-order valence-corrected chi connectivity index (χ3v) is 6.91. The maximum absolute atomic E-state index is 11.8. The number of benzene rings is 1. The standard InChI is InChI=1S/C27H31N5O/c1-18(2)31-14-11-21(12-15-31)20-4-6-23(7-5-20)30-24-8-9-25(22-10-13-28-26(33)16-22)32-19(3)17-29-27(24)32/h4-9,13,16-18,21,30H,10-12,14-15H2,1-3H3. The summed E-state index contributed by atoms with van der Waals surface area (Å²) in [6, 6.07) is 13.6. The number of carbonyl (C=O) groups excluding carboxylic acids is 1. The molecule has 0 atom stereocenters. The molecule has 3 aromatic rings. The summed E-state index contributed by atoms with van der Waals surface area (Å²) in [5.74, 6) is 0.435. The van der Waals surface area contributed by atoms with Gasteiger partial charge in [-0.3, -0.25) is 9.20 Å². The van der Waals surface area contributed by atoms with Crippen molar-refractivity contribution in [2.45, 2.75) is 52.0 Å². The summed E-state index contributed by atoms with van der Waals surface area (Å²) >= 11 is 0. The SMILES string of the molecule is Cc1cnc2c(Nc3ccc(C4CCN(C(C)C)CC4)cc3)ccc(C3=CC(=O)N=CC3)n12. The third-order valence-electron chi connectivity index (χ3n) is 6.91. The first-order chi connectivity index (χ1) is 16.0. The number of nitrogens with one attached hydrogen (secondary N) is 1. The molecule has 4 heterocycles. The summed E-state index contributed by atoms with van der Waals surface area (Å²) in [4.78, 5) is 22.8. The molecule has 0 spiro atoms. The Morgan fingerprint density at radius 1 is 1.06 bits per heavy atom. The van der Waals surface area contributed by atoms with Gasteiger partial charge in [0.1, 0.15) is 0 Å². The number of dihydropyridines is 1. The van der Waals surface area contributed by atoms with E-state index >= 15 is 0 Å². The quantitative estimate of drug-likeness (QED) is 0.579. The lowest BCUT2D eigenvalue weighted by Gasteiger charge is -2.34. The number of aryl methyl sites for hydroxylation is 1. The topological polar surface area (TPSA) is 62.0 Å². The fourth-order valence-corrected chi connectivity index (χ4v) is 4.99.